The molecule has 7 atom stereocenters. The quantitative estimate of drug-likeness (QED) is 0.269. The van der Waals surface area contributed by atoms with Crippen LogP contribution in [0.5, 0.6) is 0 Å². The standard InChI is InChI=1S/C29H36BrN3O6/c1-14-8-9-29(16(3)11-15(2)27(39-29)17(4)26(34)19-7-6-10-32-19)38-20(14)13-22-33-25-21(37-22)12-18(30)24(31-5)23(25)28(35)36/h6-7,10,12,14-17,20,27,31-32H,8-9,11,13H2,1-5H3,(H,35,36)/t14-,15-,16-,17+,20-,27+,29+/m1/s1. The molecule has 0 saturated carbocycles. The van der Waals surface area contributed by atoms with Crippen molar-refractivity contribution in [1.82, 2.24) is 9.97 Å². The summed E-state index contributed by atoms with van der Waals surface area (Å²) in [5.41, 5.74) is 1.80. The maximum atomic E-state index is 13.2. The molecule has 0 unspecified atom stereocenters. The van der Waals surface area contributed by atoms with Crippen molar-refractivity contribution in [3.05, 3.63) is 46.0 Å². The van der Waals surface area contributed by atoms with Crippen molar-refractivity contribution in [2.75, 3.05) is 12.4 Å². The van der Waals surface area contributed by atoms with Gasteiger partial charge in [-0.15, -0.1) is 0 Å². The number of Topliss-reactive ketones (excluding diaryl/α,β-unsaturated/α-hetero) is 1. The Labute approximate surface area is 236 Å². The number of aromatic carboxylic acids is 1. The highest BCUT2D eigenvalue weighted by atomic mass is 79.9. The number of carbonyl (C=O) groups is 2. The second kappa shape index (κ2) is 10.7. The van der Waals surface area contributed by atoms with E-state index in [1.165, 1.54) is 0 Å². The summed E-state index contributed by atoms with van der Waals surface area (Å²) in [6.45, 7) is 8.38. The van der Waals surface area contributed by atoms with E-state index in [9.17, 15) is 14.7 Å². The number of hydrogen-bond acceptors (Lipinski definition) is 7. The SMILES string of the molecule is CNc1c(Br)cc2oc(C[C@H]3O[C@@]4(CC[C@H]3C)O[C@H]([C@@H](C)C(=O)c3ccc[nH]3)[C@H](C)C[C@H]4C)nc2c1C(=O)O. The van der Waals surface area contributed by atoms with Gasteiger partial charge in [0.15, 0.2) is 23.0 Å². The van der Waals surface area contributed by atoms with Gasteiger partial charge in [-0.3, -0.25) is 4.79 Å². The summed E-state index contributed by atoms with van der Waals surface area (Å²) in [4.78, 5) is 32.9. The Balaban J connectivity index is 1.40. The number of rotatable bonds is 7. The molecule has 2 fully saturated rings. The lowest BCUT2D eigenvalue weighted by molar-refractivity contribution is -0.355. The number of ketones is 1. The lowest BCUT2D eigenvalue weighted by Gasteiger charge is -2.53. The molecule has 1 aromatic carbocycles. The molecule has 210 valence electrons. The number of aromatic nitrogens is 2. The van der Waals surface area contributed by atoms with Crippen molar-refractivity contribution < 1.29 is 28.6 Å². The number of hydrogen-bond donors (Lipinski definition) is 3. The number of benzene rings is 1. The lowest BCUT2D eigenvalue weighted by Crippen LogP contribution is -2.58. The van der Waals surface area contributed by atoms with Crippen molar-refractivity contribution in [3.63, 3.8) is 0 Å². The van der Waals surface area contributed by atoms with Crippen molar-refractivity contribution >= 4 is 44.5 Å². The van der Waals surface area contributed by atoms with Gasteiger partial charge in [0.05, 0.1) is 30.0 Å². The van der Waals surface area contributed by atoms with Gasteiger partial charge in [0.1, 0.15) is 11.1 Å². The van der Waals surface area contributed by atoms with Gasteiger partial charge in [-0.1, -0.05) is 27.7 Å². The van der Waals surface area contributed by atoms with Crippen LogP contribution in [0.4, 0.5) is 5.69 Å². The van der Waals surface area contributed by atoms with E-state index < -0.39 is 11.8 Å². The maximum absolute atomic E-state index is 13.2. The Morgan fingerprint density at radius 1 is 1.28 bits per heavy atom. The van der Waals surface area contributed by atoms with Crippen LogP contribution in [0.25, 0.3) is 11.1 Å². The summed E-state index contributed by atoms with van der Waals surface area (Å²) >= 11 is 3.43. The minimum Gasteiger partial charge on any atom is -0.478 e. The molecule has 9 nitrogen and oxygen atoms in total. The van der Waals surface area contributed by atoms with Crippen molar-refractivity contribution in [3.8, 4) is 0 Å². The van der Waals surface area contributed by atoms with Gasteiger partial charge in [-0.25, -0.2) is 9.78 Å². The summed E-state index contributed by atoms with van der Waals surface area (Å²) in [5, 5.41) is 12.8. The zero-order valence-electron chi connectivity index (χ0n) is 22.9. The predicted molar refractivity (Wildman–Crippen MR) is 150 cm³/mol. The lowest BCUT2D eigenvalue weighted by atomic mass is 9.75. The molecule has 2 aromatic heterocycles. The molecule has 3 N–H and O–H groups in total. The molecule has 10 heteroatoms. The van der Waals surface area contributed by atoms with Crippen LogP contribution in [0.2, 0.25) is 0 Å². The van der Waals surface area contributed by atoms with Crippen LogP contribution in [0.3, 0.4) is 0 Å². The number of oxazole rings is 1. The second-order valence-corrected chi connectivity index (χ2v) is 12.1. The van der Waals surface area contributed by atoms with Gasteiger partial charge in [0.25, 0.3) is 0 Å². The first-order valence-electron chi connectivity index (χ1n) is 13.6. The highest BCUT2D eigenvalue weighted by Crippen LogP contribution is 2.48. The average molecular weight is 603 g/mol. The van der Waals surface area contributed by atoms with E-state index in [-0.39, 0.29) is 47.2 Å². The molecule has 2 aliphatic rings. The molecule has 5 rings (SSSR count). The molecule has 0 amide bonds. The van der Waals surface area contributed by atoms with E-state index in [4.69, 9.17) is 13.9 Å². The van der Waals surface area contributed by atoms with Crippen LogP contribution in [-0.4, -0.2) is 51.9 Å². The predicted octanol–water partition coefficient (Wildman–Crippen LogP) is 6.29. The van der Waals surface area contributed by atoms with Gasteiger partial charge in [-0.05, 0) is 58.8 Å². The zero-order chi connectivity index (χ0) is 28.1. The van der Waals surface area contributed by atoms with Crippen LogP contribution in [0.15, 0.2) is 33.3 Å². The minimum atomic E-state index is -1.08. The molecule has 39 heavy (non-hydrogen) atoms. The topological polar surface area (TPSA) is 127 Å². The van der Waals surface area contributed by atoms with Crippen molar-refractivity contribution in [2.45, 2.75) is 71.4 Å². The molecule has 2 aliphatic heterocycles. The first-order chi connectivity index (χ1) is 18.5. The number of fused-ring (bicyclic) bond motifs is 1. The Hall–Kier alpha value is -2.69. The van der Waals surface area contributed by atoms with E-state index in [1.807, 2.05) is 13.0 Å². The van der Waals surface area contributed by atoms with Crippen LogP contribution < -0.4 is 5.32 Å². The fraction of sp³-hybridized carbons (Fsp3) is 0.552. The van der Waals surface area contributed by atoms with E-state index in [1.54, 1.807) is 25.4 Å². The number of carbonyl (C=O) groups excluding carboxylic acids is 1. The monoisotopic (exact) mass is 601 g/mol. The molecule has 0 aliphatic carbocycles. The van der Waals surface area contributed by atoms with Gasteiger partial charge in [0.2, 0.25) is 0 Å². The molecule has 3 aromatic rings. The van der Waals surface area contributed by atoms with E-state index in [0.717, 1.165) is 19.3 Å². The van der Waals surface area contributed by atoms with Gasteiger partial charge >= 0.3 is 5.97 Å². The van der Waals surface area contributed by atoms with Crippen molar-refractivity contribution in [1.29, 1.82) is 0 Å². The maximum Gasteiger partial charge on any atom is 0.340 e. The molecule has 0 bridgehead atoms. The molecule has 1 spiro atoms. The number of nitrogens with zero attached hydrogens (tertiary/aromatic N) is 1. The molecule has 4 heterocycles. The Kier molecular flexibility index (Phi) is 7.65. The van der Waals surface area contributed by atoms with E-state index in [2.05, 4.69) is 52.0 Å². The van der Waals surface area contributed by atoms with Gasteiger partial charge in [-0.2, -0.15) is 0 Å². The summed E-state index contributed by atoms with van der Waals surface area (Å²) in [7, 11) is 1.67. The van der Waals surface area contributed by atoms with Gasteiger partial charge < -0.3 is 29.3 Å². The summed E-state index contributed by atoms with van der Waals surface area (Å²) in [6, 6.07) is 5.36. The van der Waals surface area contributed by atoms with Crippen molar-refractivity contribution in [2.24, 2.45) is 23.7 Å². The number of carboxylic acids is 1. The Morgan fingerprint density at radius 3 is 2.72 bits per heavy atom. The first-order valence-corrected chi connectivity index (χ1v) is 14.4. The fourth-order valence-corrected chi connectivity index (χ4v) is 6.94. The third-order valence-electron chi connectivity index (χ3n) is 8.60. The average Bonchev–Trinajstić information content (AvgIpc) is 3.56. The third kappa shape index (κ3) is 5.02. The first kappa shape index (κ1) is 27.9. The van der Waals surface area contributed by atoms with Crippen LogP contribution in [-0.2, 0) is 15.9 Å². The number of anilines is 1. The molecular formula is C29H36BrN3O6. The largest absolute Gasteiger partial charge is 0.478 e. The Bertz CT molecular complexity index is 1370. The highest BCUT2D eigenvalue weighted by Gasteiger charge is 2.52. The third-order valence-corrected chi connectivity index (χ3v) is 9.22. The molecule has 0 radical (unpaired) electrons. The number of nitrogens with one attached hydrogen (secondary N) is 2. The molecular weight excluding hydrogens is 566 g/mol. The number of aromatic amines is 1. The van der Waals surface area contributed by atoms with Gasteiger partial charge in [0, 0.05) is 36.0 Å². The zero-order valence-corrected chi connectivity index (χ0v) is 24.5. The van der Waals surface area contributed by atoms with Crippen LogP contribution in [0.1, 0.15) is 73.7 Å². The normalized spacial score (nSPS) is 29.9. The minimum absolute atomic E-state index is 0.0371. The fourth-order valence-electron chi connectivity index (χ4n) is 6.34. The smallest absolute Gasteiger partial charge is 0.340 e. The second-order valence-electron chi connectivity index (χ2n) is 11.2. The number of carboxylic acid groups (broad SMARTS) is 1. The van der Waals surface area contributed by atoms with E-state index >= 15 is 0 Å². The number of halogens is 1. The number of H-pyrrole nitrogens is 1. The summed E-state index contributed by atoms with van der Waals surface area (Å²) in [6.07, 6.45) is 4.16. The number of ether oxygens (including phenoxy) is 2. The summed E-state index contributed by atoms with van der Waals surface area (Å²) in [5.74, 6) is -1.19. The van der Waals surface area contributed by atoms with E-state index in [0.29, 0.717) is 39.3 Å². The summed E-state index contributed by atoms with van der Waals surface area (Å²) < 4.78 is 20.2. The van der Waals surface area contributed by atoms with Crippen LogP contribution >= 0.6 is 15.9 Å². The Morgan fingerprint density at radius 2 is 2.05 bits per heavy atom. The highest BCUT2D eigenvalue weighted by molar-refractivity contribution is 9.10. The van der Waals surface area contributed by atoms with Crippen LogP contribution in [0, 0.1) is 23.7 Å². The molecule has 2 saturated heterocycles.